The van der Waals surface area contributed by atoms with Crippen molar-refractivity contribution in [3.63, 3.8) is 0 Å². The number of quaternary nitrogens is 1. The summed E-state index contributed by atoms with van der Waals surface area (Å²) in [6.45, 7) is 45.5. The Kier molecular flexibility index (Phi) is 19.7. The van der Waals surface area contributed by atoms with Crippen LogP contribution in [0, 0.1) is 0 Å². The van der Waals surface area contributed by atoms with Gasteiger partial charge >= 0.3 is 0 Å². The van der Waals surface area contributed by atoms with Gasteiger partial charge in [-0.05, 0) is 86.1 Å². The lowest BCUT2D eigenvalue weighted by atomic mass is 9.88. The largest absolute Gasteiger partial charge is 0.309 e. The normalized spacial score (nSPS) is 14.1. The molecule has 2 aliphatic heterocycles. The van der Waals surface area contributed by atoms with Gasteiger partial charge in [-0.1, -0.05) is 507 Å². The Morgan fingerprint density at radius 3 is 0.470 bits per heavy atom. The van der Waals surface area contributed by atoms with E-state index in [2.05, 4.69) is 444 Å². The minimum Gasteiger partial charge on any atom is -0.309 e. The maximum atomic E-state index is 2.87. The van der Waals surface area contributed by atoms with Crippen LogP contribution in [0.1, 0.15) is 22.3 Å². The monoisotopic (exact) mass is 1650 g/mol. The Hall–Kier alpha value is -9.74. The Balaban J connectivity index is 1.01. The molecule has 0 saturated carbocycles. The highest BCUT2D eigenvalue weighted by molar-refractivity contribution is 7.06. The Morgan fingerprint density at radius 1 is 0.154 bits per heavy atom. The molecular weight excluding hydrogens is 1540 g/mol. The number of benzene rings is 16. The molecule has 0 N–H and O–H groups in total. The zero-order valence-electron chi connectivity index (χ0n) is 71.6. The van der Waals surface area contributed by atoms with Gasteiger partial charge in [-0.15, -0.1) is 0 Å². The fourth-order valence-corrected chi connectivity index (χ4v) is 41.6. The first-order valence-corrected chi connectivity index (χ1v) is 66.7. The molecule has 16 aromatic carbocycles. The smallest absolute Gasteiger partial charge is 0.113 e. The Labute approximate surface area is 704 Å². The lowest BCUT2D eigenvalue weighted by Gasteiger charge is -2.39. The molecule has 16 aromatic rings. The van der Waals surface area contributed by atoms with Crippen LogP contribution in [0.5, 0.6) is 0 Å². The molecular formula is C108H112NSi8+. The van der Waals surface area contributed by atoms with Crippen molar-refractivity contribution in [3.8, 4) is 22.3 Å². The van der Waals surface area contributed by atoms with Crippen LogP contribution in [0.25, 0.3) is 65.3 Å². The molecule has 0 unspecified atom stereocenters. The van der Waals surface area contributed by atoms with E-state index in [9.17, 15) is 0 Å². The third-order valence-electron chi connectivity index (χ3n) is 28.9. The zero-order valence-corrected chi connectivity index (χ0v) is 79.6. The van der Waals surface area contributed by atoms with Crippen LogP contribution < -0.4 is 83.0 Å². The van der Waals surface area contributed by atoms with Gasteiger partial charge in [0.15, 0.2) is 0 Å². The van der Waals surface area contributed by atoms with Crippen molar-refractivity contribution in [2.75, 3.05) is 0 Å². The van der Waals surface area contributed by atoms with Gasteiger partial charge in [-0.25, -0.2) is 0 Å². The summed E-state index contributed by atoms with van der Waals surface area (Å²) >= 11 is 0. The lowest BCUT2D eigenvalue weighted by Crippen LogP contribution is -2.55. The van der Waals surface area contributed by atoms with Gasteiger partial charge in [-0.3, -0.25) is 0 Å². The highest BCUT2D eigenvalue weighted by Crippen LogP contribution is 2.50. The number of hydrogen-bond acceptors (Lipinski definition) is 0. The van der Waals surface area contributed by atoms with Crippen molar-refractivity contribution in [1.82, 2.24) is 0 Å². The third-order valence-corrected chi connectivity index (χ3v) is 57.2. The molecule has 0 radical (unpaired) electrons. The second kappa shape index (κ2) is 29.4. The number of fused-ring (bicyclic) bond motifs is 14. The predicted molar refractivity (Wildman–Crippen MR) is 534 cm³/mol. The van der Waals surface area contributed by atoms with Crippen molar-refractivity contribution in [2.24, 2.45) is 0 Å². The number of nitrogens with zero attached hydrogens (tertiary/aromatic N) is 1. The van der Waals surface area contributed by atoms with Crippen LogP contribution in [0.4, 0.5) is 0 Å². The first kappa shape index (κ1) is 78.4. The van der Waals surface area contributed by atoms with Crippen LogP contribution in [0.2, 0.25) is 105 Å². The van der Waals surface area contributed by atoms with Crippen molar-refractivity contribution < 1.29 is 4.48 Å². The topological polar surface area (TPSA) is 0 Å². The van der Waals surface area contributed by atoms with Gasteiger partial charge in [-0.2, -0.15) is 0 Å². The van der Waals surface area contributed by atoms with Crippen LogP contribution in [-0.4, -0.2) is 69.1 Å². The van der Waals surface area contributed by atoms with E-state index >= 15 is 0 Å². The average Bonchev–Trinajstić information content (AvgIpc) is 1.62. The van der Waals surface area contributed by atoms with Crippen LogP contribution in [0.3, 0.4) is 0 Å². The van der Waals surface area contributed by atoms with Gasteiger partial charge in [0.05, 0.1) is 0 Å². The zero-order chi connectivity index (χ0) is 81.4. The summed E-state index contributed by atoms with van der Waals surface area (Å²) in [4.78, 5) is 0. The SMILES string of the molecule is C[Si](C)(c1ccccc1)c1ccc2c3c(cc([Si](C)(C)c4ccccc4)c2c1)C[N+]1(Cc2cc([Si](C)(C)c4ccccc4)c4cc([Si](C)(C)c5ccccc5)ccc4c2-3)Cc2cc([Si](C)(C)c3ccccc3)c3cc([Si](C)(C)c4ccccc4)ccc3c2-c2c(cc([Si](C)(C)c3ccccc3)c3cc([Si](C)(C)c4ccccc4)ccc23)C1. The summed E-state index contributed by atoms with van der Waals surface area (Å²) in [5.74, 6) is 0. The van der Waals surface area contributed by atoms with Gasteiger partial charge in [0, 0.05) is 22.3 Å². The second-order valence-electron chi connectivity index (χ2n) is 38.8. The highest BCUT2D eigenvalue weighted by Gasteiger charge is 2.46. The molecule has 1 spiro atoms. The predicted octanol–water partition coefficient (Wildman–Crippen LogP) is 17.8. The Morgan fingerprint density at radius 2 is 0.308 bits per heavy atom. The van der Waals surface area contributed by atoms with Crippen molar-refractivity contribution in [2.45, 2.75) is 131 Å². The molecule has 0 fully saturated rings. The molecule has 0 aromatic heterocycles. The molecule has 9 heteroatoms. The number of rotatable bonds is 16. The molecule has 0 bridgehead atoms. The molecule has 2 heterocycles. The lowest BCUT2D eigenvalue weighted by molar-refractivity contribution is -0.977. The van der Waals surface area contributed by atoms with E-state index in [0.29, 0.717) is 0 Å². The van der Waals surface area contributed by atoms with Gasteiger partial charge in [0.25, 0.3) is 0 Å². The van der Waals surface area contributed by atoms with E-state index in [-0.39, 0.29) is 0 Å². The average molecular weight is 1650 g/mol. The summed E-state index contributed by atoms with van der Waals surface area (Å²) in [5, 5.41) is 35.2. The van der Waals surface area contributed by atoms with Crippen molar-refractivity contribution >= 4 is 191 Å². The summed E-state index contributed by atoms with van der Waals surface area (Å²) in [6.07, 6.45) is 0. The molecule has 1 nitrogen and oxygen atoms in total. The van der Waals surface area contributed by atoms with E-state index in [1.165, 1.54) is 150 Å². The quantitative estimate of drug-likeness (QED) is 0.0668. The third kappa shape index (κ3) is 13.3. The maximum absolute atomic E-state index is 2.87. The maximum Gasteiger partial charge on any atom is 0.113 e. The van der Waals surface area contributed by atoms with Gasteiger partial charge in [0.2, 0.25) is 0 Å². The van der Waals surface area contributed by atoms with Crippen LogP contribution in [-0.2, 0) is 26.2 Å². The molecule has 0 saturated heterocycles. The molecule has 2 aliphatic rings. The first-order chi connectivity index (χ1) is 56.0. The minimum absolute atomic E-state index is 0.823. The fraction of sp³-hybridized carbons (Fsp3) is 0.185. The van der Waals surface area contributed by atoms with E-state index in [1.807, 2.05) is 0 Å². The Bertz CT molecular complexity index is 5720. The van der Waals surface area contributed by atoms with Gasteiger partial charge in [0.1, 0.15) is 90.8 Å². The van der Waals surface area contributed by atoms with Crippen molar-refractivity contribution in [3.05, 3.63) is 362 Å². The molecule has 18 rings (SSSR count). The van der Waals surface area contributed by atoms with Gasteiger partial charge < -0.3 is 4.48 Å². The summed E-state index contributed by atoms with van der Waals surface area (Å²) in [6, 6.07) is 136. The van der Waals surface area contributed by atoms with E-state index in [4.69, 9.17) is 0 Å². The molecule has 0 amide bonds. The summed E-state index contributed by atoms with van der Waals surface area (Å²) in [5.41, 5.74) is 11.7. The molecule has 580 valence electrons. The molecule has 0 aliphatic carbocycles. The van der Waals surface area contributed by atoms with E-state index in [1.54, 1.807) is 20.7 Å². The molecule has 117 heavy (non-hydrogen) atoms. The summed E-state index contributed by atoms with van der Waals surface area (Å²) < 4.78 is 0.823. The highest BCUT2D eigenvalue weighted by atomic mass is 28.3. The molecule has 0 atom stereocenters. The van der Waals surface area contributed by atoms with Crippen LogP contribution in [0.15, 0.2) is 340 Å². The van der Waals surface area contributed by atoms with Crippen molar-refractivity contribution in [1.29, 1.82) is 0 Å². The summed E-state index contributed by atoms with van der Waals surface area (Å²) in [7, 11) is -19.2. The van der Waals surface area contributed by atoms with E-state index < -0.39 is 64.6 Å². The number of hydrogen-bond donors (Lipinski definition) is 0. The minimum atomic E-state index is -2.55. The first-order valence-electron chi connectivity index (χ1n) is 42.7. The second-order valence-corrected chi connectivity index (χ2v) is 73.9. The standard InChI is InChI=1S/C108H112NSi8/c1-110(2,81-41-25-17-26-42-81)89-57-61-93-97(69-89)101(114(9,10)85-49-33-21-34-50-85)65-77-73-109(74-78-66-102(115(11,12)86-51-35-22-36-52-86)98-70-90(58-62-94(98)106(78)105(77)93)111(3,4)82-43-27-18-28-44-82)75-79-67-103(116(13,14)87-53-37-23-38-54-87)99-71-91(112(5,6)83-45-29-19-30-46-83)59-63-95(99)107(79)108-80(76-109)68-104(117(15,16)88-55-39-24-40-56-88)100-72-92(60-64-96(100)108)113(7,8)84-47-31-20-32-48-84/h17-72H,73-76H2,1-16H3/q+1. The van der Waals surface area contributed by atoms with E-state index in [0.717, 1.165) is 30.7 Å². The fourth-order valence-electron chi connectivity index (χ4n) is 21.1. The van der Waals surface area contributed by atoms with Crippen LogP contribution >= 0.6 is 0 Å².